The lowest BCUT2D eigenvalue weighted by Gasteiger charge is -2.48. The third kappa shape index (κ3) is 11.8. The van der Waals surface area contributed by atoms with Crippen LogP contribution in [-0.4, -0.2) is 161 Å². The van der Waals surface area contributed by atoms with Gasteiger partial charge >= 0.3 is 5.97 Å². The molecule has 6 heterocycles. The van der Waals surface area contributed by atoms with Crippen molar-refractivity contribution in [2.24, 2.45) is 23.7 Å². The normalized spacial score (nSPS) is 45.9. The van der Waals surface area contributed by atoms with Crippen LogP contribution >= 0.6 is 0 Å². The van der Waals surface area contributed by atoms with Crippen LogP contribution in [0.5, 0.6) is 0 Å². The van der Waals surface area contributed by atoms with E-state index in [9.17, 15) is 15.0 Å². The maximum atomic E-state index is 14.4. The van der Waals surface area contributed by atoms with Crippen molar-refractivity contribution in [3.05, 3.63) is 59.3 Å². The molecule has 7 aliphatic rings. The molecule has 2 N–H and O–H groups in total. The Morgan fingerprint density at radius 2 is 1.57 bits per heavy atom. The van der Waals surface area contributed by atoms with Gasteiger partial charge in [0, 0.05) is 58.8 Å². The van der Waals surface area contributed by atoms with Crippen LogP contribution in [0.4, 0.5) is 0 Å². The molecule has 0 saturated carbocycles. The number of hydrogen-bond donors (Lipinski definition) is 2. The Labute approximate surface area is 403 Å². The number of allylic oxidation sites excluding steroid dienone is 2. The van der Waals surface area contributed by atoms with E-state index in [-0.39, 0.29) is 61.7 Å². The Balaban J connectivity index is 1.12. The molecule has 2 bridgehead atoms. The molecule has 20 atom stereocenters. The number of carbonyl (C=O) groups is 1. The average molecular weight is 961 g/mol. The van der Waals surface area contributed by atoms with E-state index >= 15 is 0 Å². The summed E-state index contributed by atoms with van der Waals surface area (Å²) in [6.07, 6.45) is 9.30. The lowest BCUT2D eigenvalue weighted by atomic mass is 9.71. The van der Waals surface area contributed by atoms with Crippen molar-refractivity contribution in [2.45, 2.75) is 191 Å². The molecule has 16 heteroatoms. The minimum Gasteiger partial charge on any atom is -0.462 e. The van der Waals surface area contributed by atoms with Crippen molar-refractivity contribution in [1.29, 1.82) is 0 Å². The van der Waals surface area contributed by atoms with Crippen LogP contribution in [0.3, 0.4) is 0 Å². The van der Waals surface area contributed by atoms with Gasteiger partial charge in [0.1, 0.15) is 48.8 Å². The third-order valence-corrected chi connectivity index (χ3v) is 15.2. The van der Waals surface area contributed by atoms with E-state index in [4.69, 9.17) is 61.6 Å². The maximum Gasteiger partial charge on any atom is 0.316 e. The number of fused-ring (bicyclic) bond motifs is 2. The number of aliphatic hydroxyl groups excluding tert-OH is 1. The lowest BCUT2D eigenvalue weighted by molar-refractivity contribution is -0.323. The molecule has 68 heavy (non-hydrogen) atoms. The Bertz CT molecular complexity index is 1830. The van der Waals surface area contributed by atoms with Crippen molar-refractivity contribution < 1.29 is 76.6 Å². The molecule has 4 unspecified atom stereocenters. The van der Waals surface area contributed by atoms with E-state index in [2.05, 4.69) is 39.8 Å². The molecular weight excluding hydrogens is 881 g/mol. The second kappa shape index (κ2) is 23.4. The van der Waals surface area contributed by atoms with Crippen molar-refractivity contribution in [2.75, 3.05) is 47.9 Å². The van der Waals surface area contributed by atoms with Crippen LogP contribution in [0.2, 0.25) is 0 Å². The minimum atomic E-state index is -1.84. The van der Waals surface area contributed by atoms with Gasteiger partial charge < -0.3 is 71.8 Å². The predicted molar refractivity (Wildman–Crippen MR) is 249 cm³/mol. The first-order chi connectivity index (χ1) is 32.5. The fraction of sp³-hybridized carbons (Fsp3) is 0.788. The van der Waals surface area contributed by atoms with Gasteiger partial charge in [-0.15, -0.1) is 0 Å². The van der Waals surface area contributed by atoms with Gasteiger partial charge in [0.25, 0.3) is 0 Å². The first kappa shape index (κ1) is 53.4. The number of methoxy groups -OCH3 is 3. The van der Waals surface area contributed by atoms with Gasteiger partial charge in [-0.3, -0.25) is 4.79 Å². The summed E-state index contributed by atoms with van der Waals surface area (Å²) in [5.41, 5.74) is 0.131. The van der Waals surface area contributed by atoms with Crippen molar-refractivity contribution in [1.82, 2.24) is 0 Å². The monoisotopic (exact) mass is 961 g/mol. The van der Waals surface area contributed by atoms with E-state index in [1.54, 1.807) is 40.4 Å². The zero-order valence-electron chi connectivity index (χ0n) is 42.1. The van der Waals surface area contributed by atoms with Crippen molar-refractivity contribution >= 4 is 5.97 Å². The number of carbonyl (C=O) groups excluding carboxylic acids is 1. The van der Waals surface area contributed by atoms with Crippen LogP contribution in [0.25, 0.3) is 0 Å². The Hall–Kier alpha value is -2.39. The third-order valence-electron chi connectivity index (χ3n) is 15.2. The highest BCUT2D eigenvalue weighted by atomic mass is 16.7. The predicted octanol–water partition coefficient (Wildman–Crippen LogP) is 6.02. The van der Waals surface area contributed by atoms with Gasteiger partial charge in [0.15, 0.2) is 18.4 Å². The summed E-state index contributed by atoms with van der Waals surface area (Å²) in [5, 5.41) is 23.8. The quantitative estimate of drug-likeness (QED) is 0.0893. The van der Waals surface area contributed by atoms with Crippen LogP contribution in [0, 0.1) is 23.7 Å². The molecule has 0 amide bonds. The second-order valence-electron chi connectivity index (χ2n) is 20.1. The van der Waals surface area contributed by atoms with Gasteiger partial charge in [-0.25, -0.2) is 0 Å². The molecule has 4 saturated heterocycles. The summed E-state index contributed by atoms with van der Waals surface area (Å²) in [5.74, 6) is -2.58. The minimum absolute atomic E-state index is 0.0298. The Kier molecular flexibility index (Phi) is 18.4. The number of esters is 1. The molecule has 1 aliphatic carbocycles. The first-order valence-corrected chi connectivity index (χ1v) is 24.9. The summed E-state index contributed by atoms with van der Waals surface area (Å²) < 4.78 is 81.4. The van der Waals surface area contributed by atoms with Crippen LogP contribution < -0.4 is 0 Å². The topological polar surface area (TPSA) is 178 Å². The molecule has 0 aromatic rings. The van der Waals surface area contributed by atoms with E-state index in [1.165, 1.54) is 0 Å². The van der Waals surface area contributed by atoms with Crippen LogP contribution in [0.1, 0.15) is 93.9 Å². The molecular formula is C52H80O16. The number of ether oxygens (including phenoxy) is 13. The largest absolute Gasteiger partial charge is 0.462 e. The molecule has 16 nitrogen and oxygen atoms in total. The lowest BCUT2D eigenvalue weighted by Crippen LogP contribution is -2.58. The van der Waals surface area contributed by atoms with E-state index in [1.807, 2.05) is 39.0 Å². The highest BCUT2D eigenvalue weighted by molar-refractivity contribution is 5.78. The van der Waals surface area contributed by atoms with Gasteiger partial charge in [0.2, 0.25) is 0 Å². The zero-order valence-corrected chi connectivity index (χ0v) is 42.1. The number of hydrogen-bond acceptors (Lipinski definition) is 16. The molecule has 1 spiro atoms. The van der Waals surface area contributed by atoms with E-state index < -0.39 is 78.6 Å². The van der Waals surface area contributed by atoms with Crippen LogP contribution in [0.15, 0.2) is 59.3 Å². The van der Waals surface area contributed by atoms with Crippen molar-refractivity contribution in [3.63, 3.8) is 0 Å². The molecule has 0 aromatic heterocycles. The van der Waals surface area contributed by atoms with Crippen LogP contribution in [-0.2, 0) is 66.4 Å². The maximum absolute atomic E-state index is 14.4. The second-order valence-corrected chi connectivity index (χ2v) is 20.1. The molecule has 0 radical (unpaired) electrons. The van der Waals surface area contributed by atoms with Gasteiger partial charge in [-0.1, -0.05) is 70.6 Å². The highest BCUT2D eigenvalue weighted by Gasteiger charge is 2.60. The highest BCUT2D eigenvalue weighted by Crippen LogP contribution is 2.47. The van der Waals surface area contributed by atoms with Gasteiger partial charge in [-0.2, -0.15) is 0 Å². The first-order valence-electron chi connectivity index (χ1n) is 24.9. The Morgan fingerprint density at radius 1 is 0.868 bits per heavy atom. The van der Waals surface area contributed by atoms with Gasteiger partial charge in [-0.05, 0) is 62.8 Å². The Morgan fingerprint density at radius 3 is 2.28 bits per heavy atom. The number of rotatable bonds is 14. The summed E-state index contributed by atoms with van der Waals surface area (Å²) in [4.78, 5) is 14.4. The molecule has 7 rings (SSSR count). The molecule has 0 aromatic carbocycles. The fourth-order valence-corrected chi connectivity index (χ4v) is 11.1. The molecule has 384 valence electrons. The molecule has 4 fully saturated rings. The summed E-state index contributed by atoms with van der Waals surface area (Å²) in [7, 11) is 4.94. The van der Waals surface area contributed by atoms with Gasteiger partial charge in [0.05, 0.1) is 62.5 Å². The summed E-state index contributed by atoms with van der Waals surface area (Å²) in [6, 6.07) is 0. The smallest absolute Gasteiger partial charge is 0.316 e. The zero-order chi connectivity index (χ0) is 48.9. The fourth-order valence-electron chi connectivity index (χ4n) is 11.1. The molecule has 6 aliphatic heterocycles. The average Bonchev–Trinajstić information content (AvgIpc) is 3.65. The summed E-state index contributed by atoms with van der Waals surface area (Å²) in [6.45, 7) is 17.3. The standard InChI is InChI=1S/C52H80O16/c1-12-29(2)46-32(5)18-19-51(68-46)26-38-23-37(67-51)17-16-31(4)45(30(3)14-13-15-36-27-60-49-44(53)33(6)22-39(50(54)64-38)52(36,49)55)65-42-25-41(58-11)48(35(8)63-42)66-43-24-40(57-10)47(34(7)62-43)61-28-59-21-20-56-9/h13-16,18-19,22,29-30,32,34-35,37-49,53,55H,12,17,20-21,23-28H2,1-11H3/b14-13+,31-16+,36-15+/t29?,30?,32-,34-,35-,37+,38-,39-,40-,41-,42?,43?,44+,45-,46+,47+,48-,49+,51+,52+/m0/s1. The van der Waals surface area contributed by atoms with E-state index in [0.717, 1.165) is 12.0 Å². The summed E-state index contributed by atoms with van der Waals surface area (Å²) >= 11 is 0. The SMILES string of the molecule is CCC(C)[C@H]1O[C@]2(C=C[C@@H]1C)C[C@@H]1C[C@@H](C/C=C(\C)[C@@H](OC3C[C@H](OC)[C@@H](OC4C[C@H](OC)[C@H](OCOCCOC)[C@H](C)O4)[C@H](C)O3)C(C)/C=C/C=C3\CO[C@@H]4[C@H](O)C(C)=C[C@@H](C(=O)O1)[C@]34O)O2. The van der Waals surface area contributed by atoms with Crippen molar-refractivity contribution in [3.8, 4) is 0 Å². The van der Waals surface area contributed by atoms with E-state index in [0.29, 0.717) is 56.5 Å². The number of aliphatic hydroxyl groups is 2.